The van der Waals surface area contributed by atoms with Crippen LogP contribution in [0.3, 0.4) is 0 Å². The van der Waals surface area contributed by atoms with Crippen molar-refractivity contribution in [2.75, 3.05) is 18.1 Å². The number of benzene rings is 1. The number of halogens is 1. The number of carbonyl (C=O) groups excluding carboxylic acids is 1. The third-order valence-electron chi connectivity index (χ3n) is 3.02. The Labute approximate surface area is 117 Å². The van der Waals surface area contributed by atoms with E-state index in [0.29, 0.717) is 30.1 Å². The molecule has 19 heavy (non-hydrogen) atoms. The fraction of sp³-hybridized carbons (Fsp3) is 0.417. The van der Waals surface area contributed by atoms with Gasteiger partial charge in [0.15, 0.2) is 0 Å². The number of hydrogen-bond donors (Lipinski definition) is 1. The first-order valence-electron chi connectivity index (χ1n) is 5.91. The number of anilines is 1. The van der Waals surface area contributed by atoms with Crippen molar-refractivity contribution in [3.8, 4) is 0 Å². The molecule has 1 amide bonds. The molecule has 0 spiro atoms. The smallest absolute Gasteiger partial charge is 0.242 e. The molecule has 0 bridgehead atoms. The Kier molecular flexibility index (Phi) is 4.13. The minimum Gasteiger partial charge on any atom is -0.325 e. The van der Waals surface area contributed by atoms with E-state index in [9.17, 15) is 13.2 Å². The van der Waals surface area contributed by atoms with Gasteiger partial charge < -0.3 is 5.32 Å². The minimum atomic E-state index is -3.35. The lowest BCUT2D eigenvalue weighted by Crippen LogP contribution is -2.42. The highest BCUT2D eigenvalue weighted by molar-refractivity contribution is 7.88. The molecule has 1 aromatic rings. The summed E-state index contributed by atoms with van der Waals surface area (Å²) in [6, 6.07) is 6.13. The number of rotatable bonds is 3. The van der Waals surface area contributed by atoms with E-state index in [1.807, 2.05) is 0 Å². The van der Waals surface area contributed by atoms with Crippen molar-refractivity contribution in [2.45, 2.75) is 18.9 Å². The van der Waals surface area contributed by atoms with Crippen LogP contribution in [0.15, 0.2) is 24.3 Å². The SMILES string of the molecule is CS(=O)(=O)N1CCCC1C(=O)Nc1cccc(Cl)c1. The van der Waals surface area contributed by atoms with E-state index < -0.39 is 16.1 Å². The second kappa shape index (κ2) is 5.48. The number of nitrogens with zero attached hydrogens (tertiary/aromatic N) is 1. The van der Waals surface area contributed by atoms with Gasteiger partial charge in [0.05, 0.1) is 6.26 Å². The zero-order chi connectivity index (χ0) is 14.0. The molecule has 1 unspecified atom stereocenters. The zero-order valence-electron chi connectivity index (χ0n) is 10.5. The van der Waals surface area contributed by atoms with Crippen LogP contribution in [-0.2, 0) is 14.8 Å². The Bertz CT molecular complexity index is 588. The lowest BCUT2D eigenvalue weighted by molar-refractivity contribution is -0.119. The third kappa shape index (κ3) is 3.46. The molecule has 0 saturated carbocycles. The highest BCUT2D eigenvalue weighted by Crippen LogP contribution is 2.22. The summed E-state index contributed by atoms with van der Waals surface area (Å²) >= 11 is 5.83. The van der Waals surface area contributed by atoms with Crippen molar-refractivity contribution in [1.29, 1.82) is 0 Å². The summed E-state index contributed by atoms with van der Waals surface area (Å²) in [5.74, 6) is -0.315. The van der Waals surface area contributed by atoms with Crippen LogP contribution in [-0.4, -0.2) is 37.5 Å². The van der Waals surface area contributed by atoms with Crippen LogP contribution in [0.4, 0.5) is 5.69 Å². The van der Waals surface area contributed by atoms with Crippen LogP contribution in [0.2, 0.25) is 5.02 Å². The summed E-state index contributed by atoms with van der Waals surface area (Å²) in [6.07, 6.45) is 2.36. The fourth-order valence-corrected chi connectivity index (χ4v) is 3.51. The molecule has 0 radical (unpaired) electrons. The summed E-state index contributed by atoms with van der Waals surface area (Å²) in [6.45, 7) is 0.395. The molecule has 0 aliphatic carbocycles. The number of hydrogen-bond acceptors (Lipinski definition) is 3. The van der Waals surface area contributed by atoms with Gasteiger partial charge in [-0.2, -0.15) is 4.31 Å². The Morgan fingerprint density at radius 2 is 2.21 bits per heavy atom. The van der Waals surface area contributed by atoms with E-state index in [2.05, 4.69) is 5.32 Å². The quantitative estimate of drug-likeness (QED) is 0.924. The van der Waals surface area contributed by atoms with Gasteiger partial charge in [0.25, 0.3) is 0 Å². The fourth-order valence-electron chi connectivity index (χ4n) is 2.19. The first-order chi connectivity index (χ1) is 8.88. The molecule has 0 aromatic heterocycles. The Morgan fingerprint density at radius 3 is 2.84 bits per heavy atom. The van der Waals surface area contributed by atoms with E-state index in [1.165, 1.54) is 4.31 Å². The van der Waals surface area contributed by atoms with Crippen LogP contribution in [0.25, 0.3) is 0 Å². The van der Waals surface area contributed by atoms with Gasteiger partial charge in [-0.15, -0.1) is 0 Å². The number of carbonyl (C=O) groups is 1. The molecule has 1 heterocycles. The maximum atomic E-state index is 12.1. The molecule has 104 valence electrons. The van der Waals surface area contributed by atoms with E-state index in [1.54, 1.807) is 24.3 Å². The standard InChI is InChI=1S/C12H15ClN2O3S/c1-19(17,18)15-7-3-6-11(15)12(16)14-10-5-2-4-9(13)8-10/h2,4-5,8,11H,3,6-7H2,1H3,(H,14,16). The Balaban J connectivity index is 2.12. The second-order valence-corrected chi connectivity index (χ2v) is 6.90. The summed E-state index contributed by atoms with van der Waals surface area (Å²) in [4.78, 5) is 12.1. The zero-order valence-corrected chi connectivity index (χ0v) is 12.0. The van der Waals surface area contributed by atoms with E-state index in [-0.39, 0.29) is 5.91 Å². The van der Waals surface area contributed by atoms with Gasteiger partial charge in [0.2, 0.25) is 15.9 Å². The van der Waals surface area contributed by atoms with Gasteiger partial charge in [-0.05, 0) is 31.0 Å². The first kappa shape index (κ1) is 14.3. The molecular weight excluding hydrogens is 288 g/mol. The van der Waals surface area contributed by atoms with Crippen LogP contribution >= 0.6 is 11.6 Å². The molecule has 1 aliphatic rings. The van der Waals surface area contributed by atoms with E-state index in [4.69, 9.17) is 11.6 Å². The molecule has 1 atom stereocenters. The van der Waals surface area contributed by atoms with Crippen molar-refractivity contribution in [1.82, 2.24) is 4.31 Å². The van der Waals surface area contributed by atoms with Gasteiger partial charge in [0, 0.05) is 17.3 Å². The average Bonchev–Trinajstić information content (AvgIpc) is 2.77. The Morgan fingerprint density at radius 1 is 1.47 bits per heavy atom. The minimum absolute atomic E-state index is 0.315. The molecule has 2 rings (SSSR count). The highest BCUT2D eigenvalue weighted by atomic mass is 35.5. The molecule has 1 aromatic carbocycles. The lowest BCUT2D eigenvalue weighted by Gasteiger charge is -2.21. The van der Waals surface area contributed by atoms with E-state index >= 15 is 0 Å². The summed E-state index contributed by atoms with van der Waals surface area (Å²) in [5.41, 5.74) is 0.567. The van der Waals surface area contributed by atoms with Crippen LogP contribution in [0.5, 0.6) is 0 Å². The van der Waals surface area contributed by atoms with Crippen molar-refractivity contribution in [3.05, 3.63) is 29.3 Å². The Hall–Kier alpha value is -1.11. The van der Waals surface area contributed by atoms with Crippen molar-refractivity contribution in [2.24, 2.45) is 0 Å². The largest absolute Gasteiger partial charge is 0.325 e. The van der Waals surface area contributed by atoms with Gasteiger partial charge in [-0.25, -0.2) is 8.42 Å². The van der Waals surface area contributed by atoms with Crippen molar-refractivity contribution >= 4 is 33.2 Å². The summed E-state index contributed by atoms with van der Waals surface area (Å²) in [7, 11) is -3.35. The summed E-state index contributed by atoms with van der Waals surface area (Å²) < 4.78 is 24.4. The predicted molar refractivity (Wildman–Crippen MR) is 74.7 cm³/mol. The lowest BCUT2D eigenvalue weighted by atomic mass is 10.2. The second-order valence-electron chi connectivity index (χ2n) is 4.53. The van der Waals surface area contributed by atoms with E-state index in [0.717, 1.165) is 6.26 Å². The van der Waals surface area contributed by atoms with Crippen molar-refractivity contribution < 1.29 is 13.2 Å². The van der Waals surface area contributed by atoms with Gasteiger partial charge >= 0.3 is 0 Å². The predicted octanol–water partition coefficient (Wildman–Crippen LogP) is 1.70. The number of nitrogens with one attached hydrogen (secondary N) is 1. The highest BCUT2D eigenvalue weighted by Gasteiger charge is 2.36. The molecule has 1 N–H and O–H groups in total. The molecule has 7 heteroatoms. The van der Waals surface area contributed by atoms with Gasteiger partial charge in [-0.3, -0.25) is 4.79 Å². The number of sulfonamides is 1. The van der Waals surface area contributed by atoms with Crippen LogP contribution < -0.4 is 5.32 Å². The molecular formula is C12H15ClN2O3S. The topological polar surface area (TPSA) is 66.5 Å². The molecule has 1 fully saturated rings. The monoisotopic (exact) mass is 302 g/mol. The van der Waals surface area contributed by atoms with Gasteiger partial charge in [-0.1, -0.05) is 17.7 Å². The maximum absolute atomic E-state index is 12.1. The molecule has 5 nitrogen and oxygen atoms in total. The first-order valence-corrected chi connectivity index (χ1v) is 8.14. The van der Waals surface area contributed by atoms with Crippen molar-refractivity contribution in [3.63, 3.8) is 0 Å². The average molecular weight is 303 g/mol. The number of amides is 1. The third-order valence-corrected chi connectivity index (χ3v) is 4.55. The maximum Gasteiger partial charge on any atom is 0.242 e. The van der Waals surface area contributed by atoms with Crippen LogP contribution in [0.1, 0.15) is 12.8 Å². The molecule has 1 saturated heterocycles. The molecule has 1 aliphatic heterocycles. The summed E-state index contributed by atoms with van der Waals surface area (Å²) in [5, 5.41) is 3.22. The van der Waals surface area contributed by atoms with Crippen LogP contribution in [0, 0.1) is 0 Å². The normalized spacial score (nSPS) is 20.4. The van der Waals surface area contributed by atoms with Gasteiger partial charge in [0.1, 0.15) is 6.04 Å².